The van der Waals surface area contributed by atoms with E-state index >= 15 is 0 Å². The molecule has 1 amide bonds. The summed E-state index contributed by atoms with van der Waals surface area (Å²) in [5.74, 6) is -0.0631. The number of hydrogen-bond donors (Lipinski definition) is 1. The van der Waals surface area contributed by atoms with Gasteiger partial charge in [0.1, 0.15) is 24.1 Å². The lowest BCUT2D eigenvalue weighted by molar-refractivity contribution is -0.112. The minimum absolute atomic E-state index is 0.0977. The Morgan fingerprint density at radius 2 is 2.00 bits per heavy atom. The topological polar surface area (TPSA) is 71.3 Å². The minimum atomic E-state index is -0.567. The number of carbonyl (C=O) groups is 1. The van der Waals surface area contributed by atoms with E-state index in [9.17, 15) is 14.4 Å². The van der Waals surface area contributed by atoms with Gasteiger partial charge in [-0.05, 0) is 88.9 Å². The van der Waals surface area contributed by atoms with Crippen molar-refractivity contribution in [3.05, 3.63) is 92.2 Å². The molecule has 3 aromatic rings. The van der Waals surface area contributed by atoms with E-state index in [0.717, 1.165) is 5.56 Å². The van der Waals surface area contributed by atoms with E-state index in [1.54, 1.807) is 42.5 Å². The first-order valence-corrected chi connectivity index (χ1v) is 11.5. The second kappa shape index (κ2) is 11.7. The predicted octanol–water partition coefficient (Wildman–Crippen LogP) is 7.07. The highest BCUT2D eigenvalue weighted by Crippen LogP contribution is 2.38. The molecule has 0 aliphatic carbocycles. The van der Waals surface area contributed by atoms with Crippen molar-refractivity contribution in [1.82, 2.24) is 0 Å². The van der Waals surface area contributed by atoms with Crippen LogP contribution >= 0.6 is 27.5 Å². The lowest BCUT2D eigenvalue weighted by Crippen LogP contribution is -2.13. The fourth-order valence-electron chi connectivity index (χ4n) is 3.04. The van der Waals surface area contributed by atoms with E-state index in [0.29, 0.717) is 44.4 Å². The van der Waals surface area contributed by atoms with Crippen LogP contribution < -0.4 is 14.8 Å². The van der Waals surface area contributed by atoms with Gasteiger partial charge in [0.2, 0.25) is 0 Å². The van der Waals surface area contributed by atoms with Crippen LogP contribution in [0.4, 0.5) is 10.1 Å². The van der Waals surface area contributed by atoms with Crippen molar-refractivity contribution >= 4 is 45.2 Å². The summed E-state index contributed by atoms with van der Waals surface area (Å²) < 4.78 is 25.6. The van der Waals surface area contributed by atoms with Crippen molar-refractivity contribution in [2.24, 2.45) is 0 Å². The number of amides is 1. The summed E-state index contributed by atoms with van der Waals surface area (Å²) >= 11 is 9.58. The lowest BCUT2D eigenvalue weighted by Gasteiger charge is -2.15. The highest BCUT2D eigenvalue weighted by Gasteiger charge is 2.15. The predicted molar refractivity (Wildman–Crippen MR) is 134 cm³/mol. The normalized spacial score (nSPS) is 11.0. The average molecular weight is 544 g/mol. The quantitative estimate of drug-likeness (QED) is 0.244. The number of aryl methyl sites for hydroxylation is 1. The first kappa shape index (κ1) is 25.3. The van der Waals surface area contributed by atoms with Gasteiger partial charge in [0.25, 0.3) is 5.91 Å². The molecule has 1 N–H and O–H groups in total. The molecular weight excluding hydrogens is 523 g/mol. The largest absolute Gasteiger partial charge is 0.490 e. The van der Waals surface area contributed by atoms with Crippen molar-refractivity contribution < 1.29 is 18.7 Å². The van der Waals surface area contributed by atoms with Crippen LogP contribution in [0.5, 0.6) is 11.5 Å². The molecule has 0 unspecified atom stereocenters. The zero-order valence-corrected chi connectivity index (χ0v) is 20.8. The first-order valence-electron chi connectivity index (χ1n) is 10.3. The van der Waals surface area contributed by atoms with Gasteiger partial charge >= 0.3 is 0 Å². The van der Waals surface area contributed by atoms with Gasteiger partial charge in [-0.2, -0.15) is 5.26 Å². The maximum Gasteiger partial charge on any atom is 0.266 e. The number of nitriles is 1. The Morgan fingerprint density at radius 3 is 2.68 bits per heavy atom. The van der Waals surface area contributed by atoms with Gasteiger partial charge in [-0.15, -0.1) is 0 Å². The molecule has 8 heteroatoms. The molecule has 0 aliphatic heterocycles. The molecular formula is C26H21BrClFN2O3. The van der Waals surface area contributed by atoms with Gasteiger partial charge in [-0.3, -0.25) is 4.79 Å². The summed E-state index contributed by atoms with van der Waals surface area (Å²) in [6.45, 7) is 4.19. The summed E-state index contributed by atoms with van der Waals surface area (Å²) in [5, 5.41) is 12.8. The molecule has 0 atom stereocenters. The summed E-state index contributed by atoms with van der Waals surface area (Å²) in [5.41, 5.74) is 2.49. The maximum absolute atomic E-state index is 13.5. The Kier molecular flexibility index (Phi) is 8.69. The molecule has 0 aliphatic rings. The Bertz CT molecular complexity index is 1290. The van der Waals surface area contributed by atoms with Gasteiger partial charge in [-0.25, -0.2) is 4.39 Å². The molecule has 5 nitrogen and oxygen atoms in total. The lowest BCUT2D eigenvalue weighted by atomic mass is 10.1. The van der Waals surface area contributed by atoms with Gasteiger partial charge < -0.3 is 14.8 Å². The first-order chi connectivity index (χ1) is 16.3. The molecule has 0 spiro atoms. The summed E-state index contributed by atoms with van der Waals surface area (Å²) in [6.07, 6.45) is 1.45. The number of anilines is 1. The van der Waals surface area contributed by atoms with E-state index in [1.165, 1.54) is 18.2 Å². The van der Waals surface area contributed by atoms with Crippen LogP contribution in [-0.4, -0.2) is 12.5 Å². The standard InChI is InChI=1S/C26H21BrClFN2O3/c1-3-33-24-12-18(11-22(27)25(24)34-15-17-5-4-6-20(29)10-17)9-19(14-30)26(32)31-21-8-7-16(2)23(28)13-21/h4-13H,3,15H2,1-2H3,(H,31,32)/b19-9-. The van der Waals surface area contributed by atoms with Gasteiger partial charge in [0, 0.05) is 10.7 Å². The summed E-state index contributed by atoms with van der Waals surface area (Å²) in [6, 6.07) is 16.5. The number of halogens is 3. The van der Waals surface area contributed by atoms with Gasteiger partial charge in [0.05, 0.1) is 11.1 Å². The van der Waals surface area contributed by atoms with Crippen LogP contribution in [0.2, 0.25) is 5.02 Å². The second-order valence-electron chi connectivity index (χ2n) is 7.27. The number of rotatable bonds is 8. The van der Waals surface area contributed by atoms with Crippen molar-refractivity contribution in [3.8, 4) is 17.6 Å². The van der Waals surface area contributed by atoms with E-state index in [-0.39, 0.29) is 18.0 Å². The summed E-state index contributed by atoms with van der Waals surface area (Å²) in [7, 11) is 0. The third kappa shape index (κ3) is 6.60. The number of benzene rings is 3. The van der Waals surface area contributed by atoms with Crippen LogP contribution in [0.25, 0.3) is 6.08 Å². The van der Waals surface area contributed by atoms with Crippen LogP contribution in [0.1, 0.15) is 23.6 Å². The monoisotopic (exact) mass is 542 g/mol. The number of nitrogens with zero attached hydrogens (tertiary/aromatic N) is 1. The van der Waals surface area contributed by atoms with Gasteiger partial charge in [0.15, 0.2) is 11.5 Å². The molecule has 0 saturated carbocycles. The Morgan fingerprint density at radius 1 is 1.21 bits per heavy atom. The smallest absolute Gasteiger partial charge is 0.266 e. The fourth-order valence-corrected chi connectivity index (χ4v) is 3.80. The minimum Gasteiger partial charge on any atom is -0.490 e. The maximum atomic E-state index is 13.5. The number of hydrogen-bond acceptors (Lipinski definition) is 4. The number of nitrogens with one attached hydrogen (secondary N) is 1. The van der Waals surface area contributed by atoms with Crippen LogP contribution in [0.3, 0.4) is 0 Å². The zero-order chi connectivity index (χ0) is 24.7. The molecule has 3 aromatic carbocycles. The fraction of sp³-hybridized carbons (Fsp3) is 0.154. The molecule has 0 radical (unpaired) electrons. The van der Waals surface area contributed by atoms with Crippen LogP contribution in [-0.2, 0) is 11.4 Å². The average Bonchev–Trinajstić information content (AvgIpc) is 2.79. The Labute approximate surface area is 210 Å². The van der Waals surface area contributed by atoms with Crippen molar-refractivity contribution in [2.45, 2.75) is 20.5 Å². The number of carbonyl (C=O) groups excluding carboxylic acids is 1. The molecule has 0 saturated heterocycles. The highest BCUT2D eigenvalue weighted by molar-refractivity contribution is 9.10. The Balaban J connectivity index is 1.85. The molecule has 3 rings (SSSR count). The van der Waals surface area contributed by atoms with Crippen LogP contribution in [0.15, 0.2) is 64.6 Å². The number of ether oxygens (including phenoxy) is 2. The molecule has 0 fully saturated rings. The van der Waals surface area contributed by atoms with Crippen molar-refractivity contribution in [2.75, 3.05) is 11.9 Å². The Hall–Kier alpha value is -3.34. The molecule has 0 bridgehead atoms. The zero-order valence-electron chi connectivity index (χ0n) is 18.5. The second-order valence-corrected chi connectivity index (χ2v) is 8.53. The SMILES string of the molecule is CCOc1cc(/C=C(/C#N)C(=O)Nc2ccc(C)c(Cl)c2)cc(Br)c1OCc1cccc(F)c1. The highest BCUT2D eigenvalue weighted by atomic mass is 79.9. The van der Waals surface area contributed by atoms with E-state index in [1.807, 2.05) is 19.9 Å². The molecule has 0 heterocycles. The van der Waals surface area contributed by atoms with Gasteiger partial charge in [-0.1, -0.05) is 29.8 Å². The molecule has 0 aromatic heterocycles. The van der Waals surface area contributed by atoms with E-state index < -0.39 is 5.91 Å². The molecule has 34 heavy (non-hydrogen) atoms. The summed E-state index contributed by atoms with van der Waals surface area (Å²) in [4.78, 5) is 12.7. The van der Waals surface area contributed by atoms with E-state index in [4.69, 9.17) is 21.1 Å². The third-order valence-corrected chi connectivity index (χ3v) is 5.71. The third-order valence-electron chi connectivity index (χ3n) is 4.71. The van der Waals surface area contributed by atoms with Crippen molar-refractivity contribution in [3.63, 3.8) is 0 Å². The van der Waals surface area contributed by atoms with E-state index in [2.05, 4.69) is 21.2 Å². The van der Waals surface area contributed by atoms with Crippen LogP contribution in [0, 0.1) is 24.1 Å². The van der Waals surface area contributed by atoms with Crippen molar-refractivity contribution in [1.29, 1.82) is 5.26 Å². The molecule has 174 valence electrons.